The standard InChI is InChI=1S/C22H18BrClN2O4S/c1-29-22(28)19-18(13-5-4-6-14(23)11-13)15(12-25)21(26-20(19)27)31-10-9-30-17-8-3-2-7-16(17)24/h2-8,11,18-19H,9-10H2,1H3,(H,26,27)/t18-,19+/m1/s1. The number of allylic oxidation sites excluding steroid dienone is 1. The summed E-state index contributed by atoms with van der Waals surface area (Å²) in [7, 11) is 1.22. The van der Waals surface area contributed by atoms with Gasteiger partial charge in [0.2, 0.25) is 5.91 Å². The second-order valence-electron chi connectivity index (χ2n) is 6.50. The lowest BCUT2D eigenvalue weighted by Gasteiger charge is -2.31. The van der Waals surface area contributed by atoms with Gasteiger partial charge in [-0.2, -0.15) is 5.26 Å². The SMILES string of the molecule is COC(=O)[C@@H]1C(=O)NC(SCCOc2ccccc2Cl)=C(C#N)[C@H]1c1cccc(Br)c1. The van der Waals surface area contributed by atoms with Crippen LogP contribution in [-0.4, -0.2) is 31.3 Å². The molecule has 1 aliphatic heterocycles. The first-order valence-corrected chi connectivity index (χ1v) is 11.4. The van der Waals surface area contributed by atoms with E-state index < -0.39 is 23.7 Å². The Kier molecular flexibility index (Phi) is 8.02. The minimum absolute atomic E-state index is 0.302. The summed E-state index contributed by atoms with van der Waals surface area (Å²) in [4.78, 5) is 25.2. The number of carbonyl (C=O) groups is 2. The Morgan fingerprint density at radius 1 is 1.29 bits per heavy atom. The average molecular weight is 522 g/mol. The zero-order chi connectivity index (χ0) is 22.4. The third-order valence-corrected chi connectivity index (χ3v) is 6.40. The highest BCUT2D eigenvalue weighted by Gasteiger charge is 2.44. The van der Waals surface area contributed by atoms with E-state index >= 15 is 0 Å². The van der Waals surface area contributed by atoms with Gasteiger partial charge in [-0.25, -0.2) is 0 Å². The zero-order valence-electron chi connectivity index (χ0n) is 16.4. The van der Waals surface area contributed by atoms with E-state index in [2.05, 4.69) is 27.3 Å². The van der Waals surface area contributed by atoms with Crippen LogP contribution in [0.2, 0.25) is 5.02 Å². The highest BCUT2D eigenvalue weighted by atomic mass is 79.9. The largest absolute Gasteiger partial charge is 0.491 e. The molecule has 1 aliphatic rings. The van der Waals surface area contributed by atoms with Crippen molar-refractivity contribution < 1.29 is 19.1 Å². The molecule has 2 atom stereocenters. The molecule has 1 amide bonds. The van der Waals surface area contributed by atoms with Crippen LogP contribution in [0.1, 0.15) is 11.5 Å². The number of benzene rings is 2. The lowest BCUT2D eigenvalue weighted by molar-refractivity contribution is -0.150. The number of esters is 1. The van der Waals surface area contributed by atoms with Crippen LogP contribution in [0.5, 0.6) is 5.75 Å². The number of hydrogen-bond acceptors (Lipinski definition) is 6. The second kappa shape index (κ2) is 10.7. The molecule has 2 aromatic rings. The van der Waals surface area contributed by atoms with E-state index in [0.29, 0.717) is 39.3 Å². The molecule has 0 aliphatic carbocycles. The van der Waals surface area contributed by atoms with Crippen molar-refractivity contribution in [2.45, 2.75) is 5.92 Å². The summed E-state index contributed by atoms with van der Waals surface area (Å²) in [6, 6.07) is 16.5. The van der Waals surface area contributed by atoms with E-state index in [1.54, 1.807) is 30.3 Å². The van der Waals surface area contributed by atoms with Gasteiger partial charge in [0, 0.05) is 16.1 Å². The molecular weight excluding hydrogens is 504 g/mol. The number of thioether (sulfide) groups is 1. The van der Waals surface area contributed by atoms with Crippen molar-refractivity contribution in [3.8, 4) is 11.8 Å². The molecule has 1 heterocycles. The maximum atomic E-state index is 12.8. The van der Waals surface area contributed by atoms with Gasteiger partial charge in [0.25, 0.3) is 0 Å². The van der Waals surface area contributed by atoms with E-state index in [-0.39, 0.29) is 0 Å². The van der Waals surface area contributed by atoms with E-state index in [1.165, 1.54) is 18.9 Å². The summed E-state index contributed by atoms with van der Waals surface area (Å²) in [6.07, 6.45) is 0. The first kappa shape index (κ1) is 23.2. The smallest absolute Gasteiger partial charge is 0.319 e. The number of methoxy groups -OCH3 is 1. The van der Waals surface area contributed by atoms with Crippen molar-refractivity contribution in [3.05, 3.63) is 74.2 Å². The molecule has 3 rings (SSSR count). The molecule has 2 aromatic carbocycles. The minimum Gasteiger partial charge on any atom is -0.491 e. The Labute approximate surface area is 197 Å². The summed E-state index contributed by atoms with van der Waals surface area (Å²) in [5.41, 5.74) is 0.970. The second-order valence-corrected chi connectivity index (χ2v) is 8.93. The van der Waals surface area contributed by atoms with Crippen molar-refractivity contribution in [1.29, 1.82) is 5.26 Å². The molecule has 0 fully saturated rings. The summed E-state index contributed by atoms with van der Waals surface area (Å²) < 4.78 is 11.3. The number of para-hydroxylation sites is 1. The topological polar surface area (TPSA) is 88.4 Å². The fourth-order valence-corrected chi connectivity index (χ4v) is 4.72. The van der Waals surface area contributed by atoms with Gasteiger partial charge < -0.3 is 14.8 Å². The first-order chi connectivity index (χ1) is 15.0. The maximum Gasteiger partial charge on any atom is 0.319 e. The van der Waals surface area contributed by atoms with Crippen LogP contribution in [0.25, 0.3) is 0 Å². The van der Waals surface area contributed by atoms with E-state index in [0.717, 1.165) is 4.47 Å². The zero-order valence-corrected chi connectivity index (χ0v) is 19.6. The van der Waals surface area contributed by atoms with Crippen molar-refractivity contribution >= 4 is 51.2 Å². The van der Waals surface area contributed by atoms with Gasteiger partial charge in [0.15, 0.2) is 0 Å². The van der Waals surface area contributed by atoms with Gasteiger partial charge in [0.05, 0.1) is 35.4 Å². The monoisotopic (exact) mass is 520 g/mol. The Morgan fingerprint density at radius 3 is 2.74 bits per heavy atom. The third-order valence-electron chi connectivity index (χ3n) is 4.62. The van der Waals surface area contributed by atoms with Gasteiger partial charge in [-0.15, -0.1) is 11.8 Å². The molecule has 0 spiro atoms. The molecule has 31 heavy (non-hydrogen) atoms. The highest BCUT2D eigenvalue weighted by Crippen LogP contribution is 2.40. The molecule has 160 valence electrons. The summed E-state index contributed by atoms with van der Waals surface area (Å²) >= 11 is 10.8. The normalized spacial score (nSPS) is 18.2. The van der Waals surface area contributed by atoms with Crippen molar-refractivity contribution in [2.24, 2.45) is 5.92 Å². The van der Waals surface area contributed by atoms with E-state index in [1.807, 2.05) is 18.2 Å². The van der Waals surface area contributed by atoms with Crippen LogP contribution in [-0.2, 0) is 14.3 Å². The molecule has 0 radical (unpaired) electrons. The number of hydrogen-bond donors (Lipinski definition) is 1. The maximum absolute atomic E-state index is 12.8. The van der Waals surface area contributed by atoms with Crippen LogP contribution in [0, 0.1) is 17.2 Å². The molecule has 0 unspecified atom stereocenters. The van der Waals surface area contributed by atoms with Crippen molar-refractivity contribution in [2.75, 3.05) is 19.5 Å². The van der Waals surface area contributed by atoms with Crippen LogP contribution >= 0.6 is 39.3 Å². The number of nitrogens with zero attached hydrogens (tertiary/aromatic N) is 1. The molecule has 0 saturated carbocycles. The molecule has 0 aromatic heterocycles. The fourth-order valence-electron chi connectivity index (χ4n) is 3.24. The number of carbonyl (C=O) groups excluding carboxylic acids is 2. The van der Waals surface area contributed by atoms with Crippen LogP contribution < -0.4 is 10.1 Å². The lowest BCUT2D eigenvalue weighted by Crippen LogP contribution is -2.44. The lowest BCUT2D eigenvalue weighted by atomic mass is 9.78. The number of ether oxygens (including phenoxy) is 2. The average Bonchev–Trinajstić information content (AvgIpc) is 2.76. The molecule has 0 bridgehead atoms. The van der Waals surface area contributed by atoms with Gasteiger partial charge in [0.1, 0.15) is 11.7 Å². The number of nitriles is 1. The van der Waals surface area contributed by atoms with E-state index in [4.69, 9.17) is 21.1 Å². The molecule has 0 saturated heterocycles. The fraction of sp³-hybridized carbons (Fsp3) is 0.227. The molecule has 1 N–H and O–H groups in total. The van der Waals surface area contributed by atoms with Crippen LogP contribution in [0.15, 0.2) is 63.6 Å². The quantitative estimate of drug-likeness (QED) is 0.324. The highest BCUT2D eigenvalue weighted by molar-refractivity contribution is 9.10. The predicted molar refractivity (Wildman–Crippen MR) is 123 cm³/mol. The van der Waals surface area contributed by atoms with Gasteiger partial charge >= 0.3 is 5.97 Å². The Bertz CT molecular complexity index is 1070. The number of rotatable bonds is 7. The number of amides is 1. The van der Waals surface area contributed by atoms with Crippen molar-refractivity contribution in [1.82, 2.24) is 5.32 Å². The van der Waals surface area contributed by atoms with Gasteiger partial charge in [-0.1, -0.05) is 51.8 Å². The van der Waals surface area contributed by atoms with Gasteiger partial charge in [-0.3, -0.25) is 9.59 Å². The first-order valence-electron chi connectivity index (χ1n) is 9.24. The molecule has 9 heteroatoms. The molecule has 6 nitrogen and oxygen atoms in total. The molecular formula is C22H18BrClN2O4S. The summed E-state index contributed by atoms with van der Waals surface area (Å²) in [5, 5.41) is 13.5. The Hall–Kier alpha value is -2.47. The van der Waals surface area contributed by atoms with Crippen LogP contribution in [0.4, 0.5) is 0 Å². The Morgan fingerprint density at radius 2 is 2.06 bits per heavy atom. The van der Waals surface area contributed by atoms with Crippen molar-refractivity contribution in [3.63, 3.8) is 0 Å². The summed E-state index contributed by atoms with van der Waals surface area (Å²) in [6.45, 7) is 0.314. The number of halogens is 2. The van der Waals surface area contributed by atoms with Gasteiger partial charge in [-0.05, 0) is 29.8 Å². The minimum atomic E-state index is -1.15. The number of nitrogens with one attached hydrogen (secondary N) is 1. The predicted octanol–water partition coefficient (Wildman–Crippen LogP) is 4.65. The third kappa shape index (κ3) is 5.42. The van der Waals surface area contributed by atoms with Crippen LogP contribution in [0.3, 0.4) is 0 Å². The summed E-state index contributed by atoms with van der Waals surface area (Å²) in [5.74, 6) is -2.09. The van der Waals surface area contributed by atoms with E-state index in [9.17, 15) is 14.9 Å². The Balaban J connectivity index is 1.85.